The molecule has 3 aromatic carbocycles. The van der Waals surface area contributed by atoms with Crippen LogP contribution in [0.3, 0.4) is 0 Å². The molecule has 0 atom stereocenters. The van der Waals surface area contributed by atoms with Crippen LogP contribution in [-0.4, -0.2) is 18.0 Å². The van der Waals surface area contributed by atoms with Gasteiger partial charge in [0, 0.05) is 17.7 Å². The standard InChI is InChI=1S/C22H17BrN2O2S/c1-27-19-11-10-16(12-17(19)23)21(26)24-13-14-6-8-15(9-7-14)22-25-18-4-2-3-5-20(18)28-22/h2-12H,13H2,1H3,(H,24,26). The van der Waals surface area contributed by atoms with Crippen LogP contribution in [0.15, 0.2) is 71.2 Å². The Labute approximate surface area is 175 Å². The highest BCUT2D eigenvalue weighted by Crippen LogP contribution is 2.30. The third-order valence-corrected chi connectivity index (χ3v) is 6.07. The van der Waals surface area contributed by atoms with Crippen LogP contribution in [0.5, 0.6) is 5.75 Å². The number of aromatic nitrogens is 1. The molecule has 0 radical (unpaired) electrons. The van der Waals surface area contributed by atoms with Gasteiger partial charge in [0.1, 0.15) is 10.8 Å². The maximum absolute atomic E-state index is 12.4. The van der Waals surface area contributed by atoms with E-state index in [-0.39, 0.29) is 5.91 Å². The van der Waals surface area contributed by atoms with Gasteiger partial charge in [0.15, 0.2) is 0 Å². The molecule has 4 nitrogen and oxygen atoms in total. The van der Waals surface area contributed by atoms with E-state index < -0.39 is 0 Å². The summed E-state index contributed by atoms with van der Waals surface area (Å²) in [6.45, 7) is 0.461. The van der Waals surface area contributed by atoms with Gasteiger partial charge in [0.05, 0.1) is 21.8 Å². The molecular formula is C22H17BrN2O2S. The van der Waals surface area contributed by atoms with E-state index in [0.29, 0.717) is 17.9 Å². The molecule has 0 aliphatic carbocycles. The summed E-state index contributed by atoms with van der Waals surface area (Å²) in [4.78, 5) is 17.1. The van der Waals surface area contributed by atoms with Crippen molar-refractivity contribution in [2.75, 3.05) is 7.11 Å². The first kappa shape index (κ1) is 18.7. The SMILES string of the molecule is COc1ccc(C(=O)NCc2ccc(-c3nc4ccccc4s3)cc2)cc1Br. The van der Waals surface area contributed by atoms with E-state index in [9.17, 15) is 4.79 Å². The zero-order valence-corrected chi connectivity index (χ0v) is 17.5. The van der Waals surface area contributed by atoms with E-state index in [2.05, 4.69) is 32.3 Å². The van der Waals surface area contributed by atoms with Gasteiger partial charge < -0.3 is 10.1 Å². The number of para-hydroxylation sites is 1. The zero-order valence-electron chi connectivity index (χ0n) is 15.1. The maximum atomic E-state index is 12.4. The smallest absolute Gasteiger partial charge is 0.251 e. The summed E-state index contributed by atoms with van der Waals surface area (Å²) in [7, 11) is 1.60. The molecule has 28 heavy (non-hydrogen) atoms. The van der Waals surface area contributed by atoms with Gasteiger partial charge in [0.25, 0.3) is 5.91 Å². The molecule has 0 saturated carbocycles. The minimum atomic E-state index is -0.126. The average Bonchev–Trinajstić information content (AvgIpc) is 3.16. The van der Waals surface area contributed by atoms with Crippen LogP contribution >= 0.6 is 27.3 Å². The maximum Gasteiger partial charge on any atom is 0.251 e. The number of nitrogens with zero attached hydrogens (tertiary/aromatic N) is 1. The summed E-state index contributed by atoms with van der Waals surface area (Å²) in [5, 5.41) is 3.95. The number of fused-ring (bicyclic) bond motifs is 1. The highest BCUT2D eigenvalue weighted by atomic mass is 79.9. The Bertz CT molecular complexity index is 1110. The van der Waals surface area contributed by atoms with Crippen molar-refractivity contribution in [2.45, 2.75) is 6.54 Å². The third-order valence-electron chi connectivity index (χ3n) is 4.36. The molecule has 0 fully saturated rings. The van der Waals surface area contributed by atoms with Crippen LogP contribution in [0.2, 0.25) is 0 Å². The van der Waals surface area contributed by atoms with Crippen molar-refractivity contribution in [3.8, 4) is 16.3 Å². The summed E-state index contributed by atoms with van der Waals surface area (Å²) in [6.07, 6.45) is 0. The fourth-order valence-corrected chi connectivity index (χ4v) is 4.36. The predicted octanol–water partition coefficient (Wildman–Crippen LogP) is 5.66. The number of hydrogen-bond acceptors (Lipinski definition) is 4. The van der Waals surface area contributed by atoms with Crippen LogP contribution in [0, 0.1) is 0 Å². The number of thiazole rings is 1. The van der Waals surface area contributed by atoms with Gasteiger partial charge in [-0.15, -0.1) is 11.3 Å². The van der Waals surface area contributed by atoms with E-state index in [1.54, 1.807) is 36.6 Å². The minimum Gasteiger partial charge on any atom is -0.496 e. The summed E-state index contributed by atoms with van der Waals surface area (Å²) >= 11 is 5.08. The van der Waals surface area contributed by atoms with Crippen LogP contribution in [0.25, 0.3) is 20.8 Å². The van der Waals surface area contributed by atoms with Crippen molar-refractivity contribution in [2.24, 2.45) is 0 Å². The normalized spacial score (nSPS) is 10.8. The monoisotopic (exact) mass is 452 g/mol. The molecule has 1 heterocycles. The van der Waals surface area contributed by atoms with Gasteiger partial charge in [-0.2, -0.15) is 0 Å². The molecule has 0 saturated heterocycles. The minimum absolute atomic E-state index is 0.126. The zero-order chi connectivity index (χ0) is 19.5. The van der Waals surface area contributed by atoms with Crippen molar-refractivity contribution in [3.63, 3.8) is 0 Å². The topological polar surface area (TPSA) is 51.2 Å². The van der Waals surface area contributed by atoms with Crippen molar-refractivity contribution in [3.05, 3.63) is 82.3 Å². The molecule has 140 valence electrons. The molecule has 0 aliphatic rings. The number of benzene rings is 3. The molecule has 1 N–H and O–H groups in total. The van der Waals surface area contributed by atoms with Crippen LogP contribution in [-0.2, 0) is 6.54 Å². The summed E-state index contributed by atoms with van der Waals surface area (Å²) in [6, 6.07) is 21.5. The Morgan fingerprint density at radius 2 is 1.89 bits per heavy atom. The molecule has 4 aromatic rings. The van der Waals surface area contributed by atoms with Gasteiger partial charge in [-0.25, -0.2) is 4.98 Å². The molecule has 0 unspecified atom stereocenters. The molecule has 1 aromatic heterocycles. The van der Waals surface area contributed by atoms with Gasteiger partial charge in [-0.05, 0) is 51.8 Å². The lowest BCUT2D eigenvalue weighted by molar-refractivity contribution is 0.0951. The predicted molar refractivity (Wildman–Crippen MR) is 117 cm³/mol. The first-order valence-corrected chi connectivity index (χ1v) is 10.3. The number of amides is 1. The number of carbonyl (C=O) groups excluding carboxylic acids is 1. The number of rotatable bonds is 5. The molecule has 0 spiro atoms. The highest BCUT2D eigenvalue weighted by Gasteiger charge is 2.09. The second-order valence-corrected chi connectivity index (χ2v) is 8.10. The van der Waals surface area contributed by atoms with Crippen molar-refractivity contribution in [1.82, 2.24) is 10.3 Å². The molecule has 4 rings (SSSR count). The van der Waals surface area contributed by atoms with Crippen molar-refractivity contribution in [1.29, 1.82) is 0 Å². The number of methoxy groups -OCH3 is 1. The van der Waals surface area contributed by atoms with Crippen molar-refractivity contribution >= 4 is 43.4 Å². The van der Waals surface area contributed by atoms with Gasteiger partial charge >= 0.3 is 0 Å². The molecule has 1 amide bonds. The van der Waals surface area contributed by atoms with E-state index in [1.807, 2.05) is 42.5 Å². The van der Waals surface area contributed by atoms with Gasteiger partial charge in [0.2, 0.25) is 0 Å². The third kappa shape index (κ3) is 3.93. The quantitative estimate of drug-likeness (QED) is 0.424. The van der Waals surface area contributed by atoms with E-state index in [4.69, 9.17) is 4.74 Å². The fraction of sp³-hybridized carbons (Fsp3) is 0.0909. The Morgan fingerprint density at radius 3 is 2.61 bits per heavy atom. The van der Waals surface area contributed by atoms with E-state index in [0.717, 1.165) is 26.1 Å². The van der Waals surface area contributed by atoms with E-state index in [1.165, 1.54) is 4.70 Å². The number of carbonyl (C=O) groups is 1. The Morgan fingerprint density at radius 1 is 1.11 bits per heavy atom. The number of hydrogen-bond donors (Lipinski definition) is 1. The molecule has 6 heteroatoms. The van der Waals surface area contributed by atoms with Crippen molar-refractivity contribution < 1.29 is 9.53 Å². The lowest BCUT2D eigenvalue weighted by atomic mass is 10.1. The van der Waals surface area contributed by atoms with Gasteiger partial charge in [-0.3, -0.25) is 4.79 Å². The average molecular weight is 453 g/mol. The first-order valence-electron chi connectivity index (χ1n) is 8.70. The largest absolute Gasteiger partial charge is 0.496 e. The highest BCUT2D eigenvalue weighted by molar-refractivity contribution is 9.10. The summed E-state index contributed by atoms with van der Waals surface area (Å²) in [5.74, 6) is 0.570. The second kappa shape index (κ2) is 8.12. The number of ether oxygens (including phenoxy) is 1. The van der Waals surface area contributed by atoms with Crippen LogP contribution < -0.4 is 10.1 Å². The molecule has 0 aliphatic heterocycles. The van der Waals surface area contributed by atoms with Gasteiger partial charge in [-0.1, -0.05) is 36.4 Å². The fourth-order valence-electron chi connectivity index (χ4n) is 2.85. The lowest BCUT2D eigenvalue weighted by Gasteiger charge is -2.08. The number of nitrogens with one attached hydrogen (secondary N) is 1. The number of halogens is 1. The molecule has 0 bridgehead atoms. The first-order chi connectivity index (χ1) is 13.6. The summed E-state index contributed by atoms with van der Waals surface area (Å²) < 4.78 is 7.13. The molecular weight excluding hydrogens is 436 g/mol. The Balaban J connectivity index is 1.43. The van der Waals surface area contributed by atoms with Crippen LogP contribution in [0.4, 0.5) is 0 Å². The lowest BCUT2D eigenvalue weighted by Crippen LogP contribution is -2.22. The summed E-state index contributed by atoms with van der Waals surface area (Å²) in [5.41, 5.74) is 3.71. The Kier molecular flexibility index (Phi) is 5.41. The van der Waals surface area contributed by atoms with Crippen LogP contribution in [0.1, 0.15) is 15.9 Å². The second-order valence-electron chi connectivity index (χ2n) is 6.22. The van der Waals surface area contributed by atoms with E-state index >= 15 is 0 Å². The Hall–Kier alpha value is -2.70.